The van der Waals surface area contributed by atoms with Gasteiger partial charge < -0.3 is 9.47 Å². The third-order valence-electron chi connectivity index (χ3n) is 3.17. The van der Waals surface area contributed by atoms with E-state index in [0.29, 0.717) is 35.3 Å². The minimum atomic E-state index is 0.124. The van der Waals surface area contributed by atoms with E-state index in [-0.39, 0.29) is 11.7 Å². The molecule has 1 fully saturated rings. The summed E-state index contributed by atoms with van der Waals surface area (Å²) in [4.78, 5) is 12.2. The second-order valence-corrected chi connectivity index (χ2v) is 5.52. The lowest BCUT2D eigenvalue weighted by atomic mass is 10.1. The van der Waals surface area contributed by atoms with Crippen LogP contribution < -0.4 is 9.47 Å². The van der Waals surface area contributed by atoms with Crippen LogP contribution in [-0.2, 0) is 0 Å². The Morgan fingerprint density at radius 2 is 1.70 bits per heavy atom. The number of ketones is 1. The van der Waals surface area contributed by atoms with Gasteiger partial charge in [-0.25, -0.2) is 0 Å². The molecule has 0 aromatic heterocycles. The van der Waals surface area contributed by atoms with Crippen LogP contribution in [0.3, 0.4) is 0 Å². The van der Waals surface area contributed by atoms with Crippen molar-refractivity contribution < 1.29 is 14.3 Å². The summed E-state index contributed by atoms with van der Waals surface area (Å²) in [6, 6.07) is 3.45. The Kier molecular flexibility index (Phi) is 5.30. The molecule has 3 nitrogen and oxygen atoms in total. The van der Waals surface area contributed by atoms with Crippen molar-refractivity contribution in [2.75, 3.05) is 13.2 Å². The minimum absolute atomic E-state index is 0.124. The number of carbonyl (C=O) groups excluding carboxylic acids is 1. The average Bonchev–Trinajstić information content (AvgIpc) is 3.27. The quantitative estimate of drug-likeness (QED) is 0.662. The van der Waals surface area contributed by atoms with Crippen molar-refractivity contribution in [1.82, 2.24) is 0 Å². The van der Waals surface area contributed by atoms with Crippen molar-refractivity contribution in [3.05, 3.63) is 22.7 Å². The maximum absolute atomic E-state index is 12.2. The fraction of sp³-hybridized carbons (Fsp3) is 0.562. The smallest absolute Gasteiger partial charge is 0.167 e. The first-order valence-electron chi connectivity index (χ1n) is 7.30. The molecule has 1 saturated carbocycles. The fourth-order valence-corrected chi connectivity index (χ4v) is 2.19. The normalized spacial score (nSPS) is 14.2. The Labute approximate surface area is 125 Å². The van der Waals surface area contributed by atoms with Crippen LogP contribution in [0.15, 0.2) is 12.1 Å². The van der Waals surface area contributed by atoms with Crippen molar-refractivity contribution in [1.29, 1.82) is 0 Å². The molecule has 0 N–H and O–H groups in total. The lowest BCUT2D eigenvalue weighted by Gasteiger charge is -2.14. The highest BCUT2D eigenvalue weighted by molar-refractivity contribution is 6.34. The largest absolute Gasteiger partial charge is 0.490 e. The van der Waals surface area contributed by atoms with Crippen LogP contribution in [0.2, 0.25) is 5.02 Å². The van der Waals surface area contributed by atoms with E-state index < -0.39 is 0 Å². The molecule has 0 heterocycles. The molecule has 4 heteroatoms. The van der Waals surface area contributed by atoms with Gasteiger partial charge in [0.05, 0.1) is 18.2 Å². The maximum atomic E-state index is 12.2. The van der Waals surface area contributed by atoms with Gasteiger partial charge in [0.1, 0.15) is 0 Å². The van der Waals surface area contributed by atoms with Crippen molar-refractivity contribution in [3.8, 4) is 11.5 Å². The molecule has 0 spiro atoms. The number of hydrogen-bond donors (Lipinski definition) is 0. The monoisotopic (exact) mass is 296 g/mol. The molecule has 2 rings (SSSR count). The second kappa shape index (κ2) is 6.98. The molecule has 1 aliphatic rings. The lowest BCUT2D eigenvalue weighted by Crippen LogP contribution is -2.06. The molecular weight excluding hydrogens is 276 g/mol. The van der Waals surface area contributed by atoms with Crippen molar-refractivity contribution >= 4 is 17.4 Å². The Balaban J connectivity index is 2.27. The Bertz CT molecular complexity index is 481. The Hall–Kier alpha value is -1.22. The molecule has 0 bridgehead atoms. The summed E-state index contributed by atoms with van der Waals surface area (Å²) in [5, 5.41) is 0.455. The molecule has 1 aliphatic carbocycles. The first-order chi connectivity index (χ1) is 9.67. The highest BCUT2D eigenvalue weighted by Crippen LogP contribution is 2.39. The SMILES string of the molecule is CCCOc1cc(Cl)c(C(=O)C2CC2)cc1OCCC. The molecule has 1 aromatic rings. The predicted molar refractivity (Wildman–Crippen MR) is 80.1 cm³/mol. The molecule has 0 unspecified atom stereocenters. The summed E-state index contributed by atoms with van der Waals surface area (Å²) < 4.78 is 11.3. The van der Waals surface area contributed by atoms with Crippen LogP contribution in [0.5, 0.6) is 11.5 Å². The van der Waals surface area contributed by atoms with Gasteiger partial charge in [-0.05, 0) is 31.7 Å². The van der Waals surface area contributed by atoms with Crippen molar-refractivity contribution in [2.24, 2.45) is 5.92 Å². The molecule has 0 saturated heterocycles. The highest BCUT2D eigenvalue weighted by atomic mass is 35.5. The van der Waals surface area contributed by atoms with E-state index in [1.807, 2.05) is 13.8 Å². The van der Waals surface area contributed by atoms with E-state index in [1.54, 1.807) is 12.1 Å². The predicted octanol–water partition coefficient (Wildman–Crippen LogP) is 4.51. The first kappa shape index (κ1) is 15.2. The summed E-state index contributed by atoms with van der Waals surface area (Å²) in [5.74, 6) is 1.51. The minimum Gasteiger partial charge on any atom is -0.490 e. The number of rotatable bonds is 8. The van der Waals surface area contributed by atoms with Crippen LogP contribution in [0.25, 0.3) is 0 Å². The number of carbonyl (C=O) groups is 1. The van der Waals surface area contributed by atoms with Crippen molar-refractivity contribution in [3.63, 3.8) is 0 Å². The molecule has 1 aromatic carbocycles. The van der Waals surface area contributed by atoms with Crippen LogP contribution >= 0.6 is 11.6 Å². The van der Waals surface area contributed by atoms with Crippen LogP contribution in [0, 0.1) is 5.92 Å². The first-order valence-corrected chi connectivity index (χ1v) is 7.68. The molecule has 0 radical (unpaired) electrons. The third kappa shape index (κ3) is 3.66. The van der Waals surface area contributed by atoms with Crippen molar-refractivity contribution in [2.45, 2.75) is 39.5 Å². The Morgan fingerprint density at radius 3 is 2.20 bits per heavy atom. The van der Waals surface area contributed by atoms with E-state index in [0.717, 1.165) is 25.7 Å². The van der Waals surface area contributed by atoms with E-state index in [9.17, 15) is 4.79 Å². The highest BCUT2D eigenvalue weighted by Gasteiger charge is 2.32. The van der Waals surface area contributed by atoms with Gasteiger partial charge >= 0.3 is 0 Å². The van der Waals surface area contributed by atoms with Gasteiger partial charge in [-0.2, -0.15) is 0 Å². The zero-order valence-corrected chi connectivity index (χ0v) is 12.8. The molecule has 110 valence electrons. The third-order valence-corrected chi connectivity index (χ3v) is 3.48. The summed E-state index contributed by atoms with van der Waals surface area (Å²) in [7, 11) is 0. The topological polar surface area (TPSA) is 35.5 Å². The standard InChI is InChI=1S/C16H21ClO3/c1-3-7-19-14-9-12(16(18)11-5-6-11)13(17)10-15(14)20-8-4-2/h9-11H,3-8H2,1-2H3. The summed E-state index contributed by atoms with van der Waals surface area (Å²) >= 11 is 6.22. The number of hydrogen-bond acceptors (Lipinski definition) is 3. The van der Waals surface area contributed by atoms with Gasteiger partial charge in [0.15, 0.2) is 17.3 Å². The summed E-state index contributed by atoms with van der Waals surface area (Å²) in [6.07, 6.45) is 3.75. The van der Waals surface area contributed by atoms with Crippen LogP contribution in [0.4, 0.5) is 0 Å². The summed E-state index contributed by atoms with van der Waals surface area (Å²) in [6.45, 7) is 5.29. The van der Waals surface area contributed by atoms with Gasteiger partial charge in [-0.15, -0.1) is 0 Å². The number of halogens is 1. The van der Waals surface area contributed by atoms with Gasteiger partial charge in [0.2, 0.25) is 0 Å². The van der Waals surface area contributed by atoms with Gasteiger partial charge in [-0.1, -0.05) is 25.4 Å². The van der Waals surface area contributed by atoms with Gasteiger partial charge in [0.25, 0.3) is 0 Å². The summed E-state index contributed by atoms with van der Waals surface area (Å²) in [5.41, 5.74) is 0.559. The number of ether oxygens (including phenoxy) is 2. The number of Topliss-reactive ketones (excluding diaryl/α,β-unsaturated/α-hetero) is 1. The maximum Gasteiger partial charge on any atom is 0.167 e. The van der Waals surface area contributed by atoms with Crippen LogP contribution in [-0.4, -0.2) is 19.0 Å². The molecule has 0 aliphatic heterocycles. The van der Waals surface area contributed by atoms with E-state index >= 15 is 0 Å². The fourth-order valence-electron chi connectivity index (χ4n) is 1.94. The molecule has 20 heavy (non-hydrogen) atoms. The molecular formula is C16H21ClO3. The number of benzene rings is 1. The van der Waals surface area contributed by atoms with E-state index in [2.05, 4.69) is 0 Å². The van der Waals surface area contributed by atoms with Gasteiger partial charge in [0, 0.05) is 17.5 Å². The van der Waals surface area contributed by atoms with Gasteiger partial charge in [-0.3, -0.25) is 4.79 Å². The molecule has 0 amide bonds. The average molecular weight is 297 g/mol. The van der Waals surface area contributed by atoms with E-state index in [4.69, 9.17) is 21.1 Å². The lowest BCUT2D eigenvalue weighted by molar-refractivity contribution is 0.0967. The molecule has 0 atom stereocenters. The zero-order valence-electron chi connectivity index (χ0n) is 12.1. The van der Waals surface area contributed by atoms with Crippen LogP contribution in [0.1, 0.15) is 49.9 Å². The zero-order chi connectivity index (χ0) is 14.5. The second-order valence-electron chi connectivity index (χ2n) is 5.11. The van der Waals surface area contributed by atoms with E-state index in [1.165, 1.54) is 0 Å². The Morgan fingerprint density at radius 1 is 1.15 bits per heavy atom.